The van der Waals surface area contributed by atoms with Crippen molar-refractivity contribution in [2.24, 2.45) is 5.73 Å². The second-order valence-corrected chi connectivity index (χ2v) is 4.92. The summed E-state index contributed by atoms with van der Waals surface area (Å²) in [5.74, 6) is -0.0652. The summed E-state index contributed by atoms with van der Waals surface area (Å²) >= 11 is 9.14. The van der Waals surface area contributed by atoms with Gasteiger partial charge < -0.3 is 16.2 Å². The lowest BCUT2D eigenvalue weighted by molar-refractivity contribution is 0.0995. The molecule has 19 heavy (non-hydrogen) atoms. The van der Waals surface area contributed by atoms with E-state index < -0.39 is 5.91 Å². The molecule has 0 spiro atoms. The maximum Gasteiger partial charge on any atom is 0.267 e. The first-order valence-corrected chi connectivity index (χ1v) is 6.33. The summed E-state index contributed by atoms with van der Waals surface area (Å²) in [6.07, 6.45) is 0. The molecule has 5 nitrogen and oxygen atoms in total. The van der Waals surface area contributed by atoms with Gasteiger partial charge in [-0.25, -0.2) is 4.98 Å². The van der Waals surface area contributed by atoms with Crippen LogP contribution < -0.4 is 16.2 Å². The maximum atomic E-state index is 11.1. The van der Waals surface area contributed by atoms with E-state index in [0.29, 0.717) is 20.9 Å². The van der Waals surface area contributed by atoms with E-state index >= 15 is 0 Å². The number of carbonyl (C=O) groups excluding carboxylic acids is 1. The number of nitrogen functional groups attached to an aromatic ring is 1. The van der Waals surface area contributed by atoms with Crippen LogP contribution in [-0.4, -0.2) is 10.9 Å². The van der Waals surface area contributed by atoms with Crippen LogP contribution in [0, 0.1) is 0 Å². The molecule has 7 heteroatoms. The molecule has 0 atom stereocenters. The van der Waals surface area contributed by atoms with Gasteiger partial charge in [0.25, 0.3) is 5.91 Å². The Morgan fingerprint density at radius 3 is 2.68 bits per heavy atom. The van der Waals surface area contributed by atoms with Gasteiger partial charge in [-0.2, -0.15) is 0 Å². The van der Waals surface area contributed by atoms with E-state index in [1.165, 1.54) is 12.1 Å². The molecule has 0 bridgehead atoms. The molecule has 0 saturated heterocycles. The second kappa shape index (κ2) is 5.46. The summed E-state index contributed by atoms with van der Waals surface area (Å²) < 4.78 is 6.18. The van der Waals surface area contributed by atoms with Gasteiger partial charge in [0.1, 0.15) is 11.4 Å². The van der Waals surface area contributed by atoms with E-state index in [1.54, 1.807) is 18.2 Å². The number of anilines is 1. The number of nitrogens with zero attached hydrogens (tertiary/aromatic N) is 1. The number of hydrogen-bond acceptors (Lipinski definition) is 4. The molecule has 0 aliphatic heterocycles. The van der Waals surface area contributed by atoms with Gasteiger partial charge in [-0.3, -0.25) is 4.79 Å². The molecule has 1 amide bonds. The minimum absolute atomic E-state index is 0.0780. The highest BCUT2D eigenvalue weighted by atomic mass is 79.9. The van der Waals surface area contributed by atoms with Crippen LogP contribution >= 0.6 is 27.5 Å². The van der Waals surface area contributed by atoms with Crippen molar-refractivity contribution >= 4 is 39.1 Å². The summed E-state index contributed by atoms with van der Waals surface area (Å²) in [6, 6.07) is 7.93. The Kier molecular flexibility index (Phi) is 3.92. The molecule has 4 N–H and O–H groups in total. The van der Waals surface area contributed by atoms with Crippen molar-refractivity contribution < 1.29 is 9.53 Å². The molecular formula is C12H9BrClN3O2. The predicted octanol–water partition coefficient (Wildman–Crippen LogP) is 2.97. The average Bonchev–Trinajstić information content (AvgIpc) is 2.34. The third-order valence-electron chi connectivity index (χ3n) is 2.24. The third kappa shape index (κ3) is 3.15. The van der Waals surface area contributed by atoms with E-state index in [0.717, 1.165) is 0 Å². The van der Waals surface area contributed by atoms with Crippen molar-refractivity contribution in [3.05, 3.63) is 45.5 Å². The van der Waals surface area contributed by atoms with Crippen molar-refractivity contribution in [3.63, 3.8) is 0 Å². The van der Waals surface area contributed by atoms with E-state index in [-0.39, 0.29) is 11.6 Å². The smallest absolute Gasteiger partial charge is 0.267 e. The minimum atomic E-state index is -0.653. The Morgan fingerprint density at radius 2 is 2.05 bits per heavy atom. The molecule has 0 unspecified atom stereocenters. The van der Waals surface area contributed by atoms with Crippen molar-refractivity contribution in [2.45, 2.75) is 0 Å². The van der Waals surface area contributed by atoms with Crippen LogP contribution in [0.15, 0.2) is 34.8 Å². The Bertz CT molecular complexity index is 649. The second-order valence-electron chi connectivity index (χ2n) is 3.63. The normalized spacial score (nSPS) is 10.2. The van der Waals surface area contributed by atoms with Gasteiger partial charge in [0, 0.05) is 5.02 Å². The monoisotopic (exact) mass is 341 g/mol. The van der Waals surface area contributed by atoms with Gasteiger partial charge in [0.2, 0.25) is 5.88 Å². The van der Waals surface area contributed by atoms with Crippen molar-refractivity contribution in [3.8, 4) is 11.6 Å². The fraction of sp³-hybridized carbons (Fsp3) is 0. The molecule has 1 heterocycles. The largest absolute Gasteiger partial charge is 0.436 e. The van der Waals surface area contributed by atoms with Crippen LogP contribution in [0.25, 0.3) is 0 Å². The SMILES string of the molecule is NC(=O)c1ccc(N)c(Oc2ccc(Cl)cc2Br)n1. The van der Waals surface area contributed by atoms with Crippen LogP contribution in [0.5, 0.6) is 11.6 Å². The summed E-state index contributed by atoms with van der Waals surface area (Å²) in [4.78, 5) is 15.0. The molecule has 0 fully saturated rings. The zero-order valence-electron chi connectivity index (χ0n) is 9.56. The van der Waals surface area contributed by atoms with E-state index in [9.17, 15) is 4.79 Å². The molecule has 0 saturated carbocycles. The van der Waals surface area contributed by atoms with E-state index in [1.807, 2.05) is 0 Å². The average molecular weight is 343 g/mol. The lowest BCUT2D eigenvalue weighted by atomic mass is 10.3. The molecule has 0 aliphatic carbocycles. The van der Waals surface area contributed by atoms with Gasteiger partial charge >= 0.3 is 0 Å². The molecule has 0 aliphatic rings. The number of ether oxygens (including phenoxy) is 1. The third-order valence-corrected chi connectivity index (χ3v) is 3.10. The van der Waals surface area contributed by atoms with Crippen molar-refractivity contribution in [2.75, 3.05) is 5.73 Å². The van der Waals surface area contributed by atoms with Gasteiger partial charge in [-0.15, -0.1) is 0 Å². The number of carbonyl (C=O) groups is 1. The fourth-order valence-corrected chi connectivity index (χ4v) is 2.10. The quantitative estimate of drug-likeness (QED) is 0.897. The lowest BCUT2D eigenvalue weighted by Gasteiger charge is -2.09. The Balaban J connectivity index is 2.37. The van der Waals surface area contributed by atoms with Gasteiger partial charge in [0.05, 0.1) is 10.2 Å². The Labute approximate surface area is 122 Å². The lowest BCUT2D eigenvalue weighted by Crippen LogP contribution is -2.13. The number of aromatic nitrogens is 1. The number of pyridine rings is 1. The zero-order chi connectivity index (χ0) is 14.0. The molecule has 0 radical (unpaired) electrons. The number of primary amides is 1. The first kappa shape index (κ1) is 13.6. The highest BCUT2D eigenvalue weighted by molar-refractivity contribution is 9.10. The van der Waals surface area contributed by atoms with Crippen LogP contribution in [0.1, 0.15) is 10.5 Å². The summed E-state index contributed by atoms with van der Waals surface area (Å²) in [5.41, 5.74) is 11.3. The van der Waals surface area contributed by atoms with E-state index in [4.69, 9.17) is 27.8 Å². The topological polar surface area (TPSA) is 91.2 Å². The first-order valence-electron chi connectivity index (χ1n) is 5.16. The Hall–Kier alpha value is -1.79. The van der Waals surface area contributed by atoms with Gasteiger partial charge in [-0.1, -0.05) is 11.6 Å². The summed E-state index contributed by atoms with van der Waals surface area (Å²) in [7, 11) is 0. The van der Waals surface area contributed by atoms with E-state index in [2.05, 4.69) is 20.9 Å². The summed E-state index contributed by atoms with van der Waals surface area (Å²) in [6.45, 7) is 0. The predicted molar refractivity (Wildman–Crippen MR) is 76.4 cm³/mol. The number of benzene rings is 1. The zero-order valence-corrected chi connectivity index (χ0v) is 11.9. The van der Waals surface area contributed by atoms with Crippen molar-refractivity contribution in [1.82, 2.24) is 4.98 Å². The van der Waals surface area contributed by atoms with Crippen molar-refractivity contribution in [1.29, 1.82) is 0 Å². The molecule has 98 valence electrons. The number of halogens is 2. The Morgan fingerprint density at radius 1 is 1.32 bits per heavy atom. The highest BCUT2D eigenvalue weighted by Gasteiger charge is 2.11. The molecule has 2 rings (SSSR count). The molecule has 1 aromatic heterocycles. The number of rotatable bonds is 3. The van der Waals surface area contributed by atoms with Gasteiger partial charge in [-0.05, 0) is 46.3 Å². The van der Waals surface area contributed by atoms with Crippen LogP contribution in [0.3, 0.4) is 0 Å². The fourth-order valence-electron chi connectivity index (χ4n) is 1.33. The number of amides is 1. The van der Waals surface area contributed by atoms with Crippen LogP contribution in [0.4, 0.5) is 5.69 Å². The highest BCUT2D eigenvalue weighted by Crippen LogP contribution is 2.33. The first-order chi connectivity index (χ1) is 8.97. The molecule has 2 aromatic rings. The number of nitrogens with two attached hydrogens (primary N) is 2. The summed E-state index contributed by atoms with van der Waals surface area (Å²) in [5, 5.41) is 0.561. The minimum Gasteiger partial charge on any atom is -0.436 e. The van der Waals surface area contributed by atoms with Gasteiger partial charge in [0.15, 0.2) is 0 Å². The number of hydrogen-bond donors (Lipinski definition) is 2. The van der Waals surface area contributed by atoms with Crippen LogP contribution in [-0.2, 0) is 0 Å². The standard InChI is InChI=1S/C12H9BrClN3O2/c13-7-5-6(14)1-4-10(7)19-12-8(15)2-3-9(17-12)11(16)18/h1-5H,15H2,(H2,16,18). The maximum absolute atomic E-state index is 11.1. The van der Waals surface area contributed by atoms with Crippen LogP contribution in [0.2, 0.25) is 5.02 Å². The molecule has 1 aromatic carbocycles. The molecular weight excluding hydrogens is 334 g/mol.